The van der Waals surface area contributed by atoms with E-state index < -0.39 is 0 Å². The van der Waals surface area contributed by atoms with Gasteiger partial charge < -0.3 is 19.0 Å². The predicted octanol–water partition coefficient (Wildman–Crippen LogP) is 2.05. The lowest BCUT2D eigenvalue weighted by Gasteiger charge is -2.06. The van der Waals surface area contributed by atoms with Crippen LogP contribution in [0.2, 0.25) is 0 Å². The van der Waals surface area contributed by atoms with Crippen molar-refractivity contribution in [2.24, 2.45) is 0 Å². The van der Waals surface area contributed by atoms with E-state index in [9.17, 15) is 4.79 Å². The van der Waals surface area contributed by atoms with E-state index in [4.69, 9.17) is 20.7 Å². The summed E-state index contributed by atoms with van der Waals surface area (Å²) in [6.07, 6.45) is 8.77. The Morgan fingerprint density at radius 1 is 1.20 bits per heavy atom. The molecular formula is C15H18O5. The number of unbranched alkanes of at least 4 members (excludes halogenated alkanes) is 1. The molecule has 0 spiro atoms. The number of benzene rings is 1. The Labute approximate surface area is 118 Å². The molecule has 1 aromatic rings. The van der Waals surface area contributed by atoms with Gasteiger partial charge in [-0.3, -0.25) is 0 Å². The maximum absolute atomic E-state index is 11.2. The molecule has 1 rings (SSSR count). The third-order valence-electron chi connectivity index (χ3n) is 2.27. The molecule has 0 unspecified atom stereocenters. The van der Waals surface area contributed by atoms with Crippen LogP contribution >= 0.6 is 0 Å². The highest BCUT2D eigenvalue weighted by Crippen LogP contribution is 2.13. The second kappa shape index (κ2) is 11.6. The first-order chi connectivity index (χ1) is 9.77. The Morgan fingerprint density at radius 2 is 1.80 bits per heavy atom. The van der Waals surface area contributed by atoms with Gasteiger partial charge in [-0.05, 0) is 37.1 Å². The van der Waals surface area contributed by atoms with Gasteiger partial charge in [0.1, 0.15) is 25.3 Å². The van der Waals surface area contributed by atoms with Crippen molar-refractivity contribution in [3.05, 3.63) is 29.8 Å². The van der Waals surface area contributed by atoms with E-state index >= 15 is 0 Å². The first kappa shape index (κ1) is 17.5. The monoisotopic (exact) mass is 278 g/mol. The van der Waals surface area contributed by atoms with Crippen LogP contribution in [0, 0.1) is 12.5 Å². The summed E-state index contributed by atoms with van der Waals surface area (Å²) in [6, 6.07) is 6.82. The van der Waals surface area contributed by atoms with Crippen molar-refractivity contribution in [3.63, 3.8) is 0 Å². The zero-order chi connectivity index (χ0) is 15.2. The molecule has 5 heteroatoms. The average Bonchev–Trinajstić information content (AvgIpc) is 2.52. The van der Waals surface area contributed by atoms with Crippen LogP contribution in [0.25, 0.3) is 0 Å². The first-order valence-electron chi connectivity index (χ1n) is 5.95. The Balaban J connectivity index is 0.00000172. The Hall–Kier alpha value is -2.48. The molecule has 1 aromatic carbocycles. The van der Waals surface area contributed by atoms with E-state index in [-0.39, 0.29) is 5.97 Å². The van der Waals surface area contributed by atoms with Crippen LogP contribution in [-0.2, 0) is 14.3 Å². The normalized spacial score (nSPS) is 8.60. The van der Waals surface area contributed by atoms with Crippen molar-refractivity contribution in [1.82, 2.24) is 0 Å². The van der Waals surface area contributed by atoms with Gasteiger partial charge in [-0.25, -0.2) is 4.79 Å². The topological polar surface area (TPSA) is 61.8 Å². The summed E-state index contributed by atoms with van der Waals surface area (Å²) >= 11 is 0. The largest absolute Gasteiger partial charge is 0.494 e. The van der Waals surface area contributed by atoms with Crippen LogP contribution in [-0.4, -0.2) is 33.1 Å². The van der Waals surface area contributed by atoms with Gasteiger partial charge in [0.15, 0.2) is 0 Å². The fourth-order valence-corrected chi connectivity index (χ4v) is 1.33. The van der Waals surface area contributed by atoms with Crippen molar-refractivity contribution in [3.8, 4) is 18.3 Å². The van der Waals surface area contributed by atoms with E-state index in [1.54, 1.807) is 24.3 Å². The molecule has 0 aromatic heterocycles. The second-order valence-electron chi connectivity index (χ2n) is 3.54. The Kier molecular flexibility index (Phi) is 10.2. The molecule has 0 aliphatic heterocycles. The number of terminal acetylenes is 1. The second-order valence-corrected chi connectivity index (χ2v) is 3.54. The number of methoxy groups -OCH3 is 1. The highest BCUT2D eigenvalue weighted by Gasteiger charge is 2.04. The molecule has 0 bridgehead atoms. The Morgan fingerprint density at radius 3 is 2.35 bits per heavy atom. The predicted molar refractivity (Wildman–Crippen MR) is 74.4 cm³/mol. The molecule has 0 N–H and O–H groups in total. The van der Waals surface area contributed by atoms with Crippen LogP contribution in [0.15, 0.2) is 24.3 Å². The quantitative estimate of drug-likeness (QED) is 0.434. The van der Waals surface area contributed by atoms with Crippen molar-refractivity contribution in [2.45, 2.75) is 12.8 Å². The number of rotatable bonds is 7. The number of carbonyl (C=O) groups is 2. The number of hydrogen-bond donors (Lipinski definition) is 0. The van der Waals surface area contributed by atoms with E-state index in [1.165, 1.54) is 7.11 Å². The molecule has 20 heavy (non-hydrogen) atoms. The smallest absolute Gasteiger partial charge is 0.337 e. The van der Waals surface area contributed by atoms with Gasteiger partial charge in [-0.15, -0.1) is 0 Å². The summed E-state index contributed by atoms with van der Waals surface area (Å²) in [6.45, 7) is 3.13. The Bertz CT molecular complexity index is 419. The lowest BCUT2D eigenvalue weighted by molar-refractivity contribution is -0.0980. The van der Waals surface area contributed by atoms with Crippen molar-refractivity contribution < 1.29 is 23.8 Å². The first-order valence-corrected chi connectivity index (χ1v) is 5.95. The van der Waals surface area contributed by atoms with Gasteiger partial charge in [-0.2, -0.15) is 0 Å². The summed E-state index contributed by atoms with van der Waals surface area (Å²) < 4.78 is 14.9. The van der Waals surface area contributed by atoms with Crippen LogP contribution in [0.4, 0.5) is 0 Å². The van der Waals surface area contributed by atoms with Gasteiger partial charge >= 0.3 is 5.97 Å². The number of carbonyl (C=O) groups excluding carboxylic acids is 2. The summed E-state index contributed by atoms with van der Waals surface area (Å²) in [5, 5.41) is 0. The van der Waals surface area contributed by atoms with Gasteiger partial charge in [0.05, 0.1) is 19.3 Å². The molecule has 0 radical (unpaired) electrons. The van der Waals surface area contributed by atoms with Crippen molar-refractivity contribution in [2.75, 3.05) is 20.3 Å². The molecule has 0 amide bonds. The summed E-state index contributed by atoms with van der Waals surface area (Å²) in [5.74, 6) is 0.369. The zero-order valence-electron chi connectivity index (χ0n) is 11.5. The molecule has 0 heterocycles. The molecule has 5 nitrogen and oxygen atoms in total. The minimum absolute atomic E-state index is 0.354. The van der Waals surface area contributed by atoms with Crippen LogP contribution in [0.5, 0.6) is 5.75 Å². The lowest BCUT2D eigenvalue weighted by atomic mass is 10.2. The number of hydrogen-bond acceptors (Lipinski definition) is 5. The van der Waals surface area contributed by atoms with E-state index in [1.807, 2.05) is 6.79 Å². The fraction of sp³-hybridized carbons (Fsp3) is 0.333. The SMILES string of the molecule is C#COCCCCOc1ccc(C(=O)OC)cc1.C=O. The summed E-state index contributed by atoms with van der Waals surface area (Å²) in [7, 11) is 1.35. The molecule has 0 saturated carbocycles. The third kappa shape index (κ3) is 7.07. The van der Waals surface area contributed by atoms with E-state index in [0.29, 0.717) is 18.8 Å². The maximum Gasteiger partial charge on any atom is 0.337 e. The fourth-order valence-electron chi connectivity index (χ4n) is 1.33. The van der Waals surface area contributed by atoms with Gasteiger partial charge in [0, 0.05) is 0 Å². The van der Waals surface area contributed by atoms with Crippen LogP contribution in [0.1, 0.15) is 23.2 Å². The lowest BCUT2D eigenvalue weighted by Crippen LogP contribution is -2.02. The third-order valence-corrected chi connectivity index (χ3v) is 2.27. The average molecular weight is 278 g/mol. The molecule has 0 atom stereocenters. The number of ether oxygens (including phenoxy) is 3. The van der Waals surface area contributed by atoms with Crippen LogP contribution in [0.3, 0.4) is 0 Å². The zero-order valence-corrected chi connectivity index (χ0v) is 11.5. The summed E-state index contributed by atoms with van der Waals surface area (Å²) in [4.78, 5) is 19.2. The van der Waals surface area contributed by atoms with Gasteiger partial charge in [0.25, 0.3) is 0 Å². The molecule has 0 saturated heterocycles. The molecule has 0 aliphatic carbocycles. The highest BCUT2D eigenvalue weighted by atomic mass is 16.5. The van der Waals surface area contributed by atoms with Crippen molar-refractivity contribution in [1.29, 1.82) is 0 Å². The van der Waals surface area contributed by atoms with Gasteiger partial charge in [0.2, 0.25) is 0 Å². The van der Waals surface area contributed by atoms with E-state index in [2.05, 4.69) is 10.8 Å². The minimum Gasteiger partial charge on any atom is -0.494 e. The number of esters is 1. The molecule has 0 aliphatic rings. The minimum atomic E-state index is -0.354. The highest BCUT2D eigenvalue weighted by molar-refractivity contribution is 5.89. The maximum atomic E-state index is 11.2. The molecule has 108 valence electrons. The molecule has 0 fully saturated rings. The molecular weight excluding hydrogens is 260 g/mol. The van der Waals surface area contributed by atoms with Crippen molar-refractivity contribution >= 4 is 12.8 Å². The summed E-state index contributed by atoms with van der Waals surface area (Å²) in [5.41, 5.74) is 0.507. The van der Waals surface area contributed by atoms with Crippen LogP contribution < -0.4 is 4.74 Å². The van der Waals surface area contributed by atoms with Gasteiger partial charge in [-0.1, -0.05) is 6.42 Å². The standard InChI is InChI=1S/C14H16O4.CH2O/c1-3-17-10-4-5-11-18-13-8-6-12(7-9-13)14(15)16-2;1-2/h1,6-9H,4-5,10-11H2,2H3;1H2. The van der Waals surface area contributed by atoms with E-state index in [0.717, 1.165) is 18.6 Å².